The quantitative estimate of drug-likeness (QED) is 0.627. The van der Waals surface area contributed by atoms with Gasteiger partial charge in [-0.25, -0.2) is 0 Å². The Bertz CT molecular complexity index is 587. The van der Waals surface area contributed by atoms with Crippen molar-refractivity contribution in [2.45, 2.75) is 32.2 Å². The summed E-state index contributed by atoms with van der Waals surface area (Å²) in [6.07, 6.45) is 5.58. The van der Waals surface area contributed by atoms with Gasteiger partial charge in [0.05, 0.1) is 0 Å². The Morgan fingerprint density at radius 1 is 1.19 bits per heavy atom. The number of nitrogens with zero attached hydrogens (tertiary/aromatic N) is 3. The van der Waals surface area contributed by atoms with Crippen LogP contribution in [0.15, 0.2) is 29.3 Å². The van der Waals surface area contributed by atoms with E-state index in [-0.39, 0.29) is 0 Å². The molecule has 5 nitrogen and oxygen atoms in total. The molecule has 1 saturated carbocycles. The molecule has 2 aliphatic rings. The maximum absolute atomic E-state index is 5.98. The lowest BCUT2D eigenvalue weighted by Crippen LogP contribution is -2.40. The van der Waals surface area contributed by atoms with Crippen LogP contribution in [0.2, 0.25) is 0 Å². The highest BCUT2D eigenvalue weighted by molar-refractivity contribution is 5.80. The van der Waals surface area contributed by atoms with Crippen LogP contribution in [-0.4, -0.2) is 63.1 Å². The summed E-state index contributed by atoms with van der Waals surface area (Å²) in [6.45, 7) is 4.68. The van der Waals surface area contributed by atoms with Gasteiger partial charge in [-0.05, 0) is 44.8 Å². The average molecular weight is 359 g/mol. The highest BCUT2D eigenvalue weighted by atomic mass is 16.5. The van der Waals surface area contributed by atoms with Gasteiger partial charge in [-0.15, -0.1) is 0 Å². The predicted molar refractivity (Wildman–Crippen MR) is 108 cm³/mol. The van der Waals surface area contributed by atoms with E-state index in [9.17, 15) is 0 Å². The van der Waals surface area contributed by atoms with Gasteiger partial charge in [-0.1, -0.05) is 31.0 Å². The molecule has 1 aliphatic carbocycles. The summed E-state index contributed by atoms with van der Waals surface area (Å²) in [4.78, 5) is 9.13. The van der Waals surface area contributed by atoms with E-state index in [1.165, 1.54) is 31.2 Å². The molecule has 2 unspecified atom stereocenters. The van der Waals surface area contributed by atoms with Crippen LogP contribution in [0.25, 0.3) is 0 Å². The molecule has 5 heteroatoms. The summed E-state index contributed by atoms with van der Waals surface area (Å²) >= 11 is 0. The molecule has 1 aliphatic heterocycles. The Morgan fingerprint density at radius 3 is 2.54 bits per heavy atom. The molecule has 1 heterocycles. The summed E-state index contributed by atoms with van der Waals surface area (Å²) in [5.41, 5.74) is 1.18. The molecular formula is C21H34N4O. The largest absolute Gasteiger partial charge is 0.492 e. The number of ether oxygens (including phenoxy) is 1. The van der Waals surface area contributed by atoms with Gasteiger partial charge < -0.3 is 19.9 Å². The molecule has 3 rings (SSSR count). The number of rotatable bonds is 6. The Balaban J connectivity index is 1.56. The number of likely N-dealkylation sites (tertiary alicyclic amines) is 1. The summed E-state index contributed by atoms with van der Waals surface area (Å²) in [5, 5.41) is 3.56. The van der Waals surface area contributed by atoms with Crippen LogP contribution in [0.4, 0.5) is 0 Å². The number of para-hydroxylation sites is 1. The highest BCUT2D eigenvalue weighted by Gasteiger charge is 2.35. The van der Waals surface area contributed by atoms with Crippen molar-refractivity contribution >= 4 is 5.96 Å². The molecule has 0 radical (unpaired) electrons. The topological polar surface area (TPSA) is 40.1 Å². The van der Waals surface area contributed by atoms with Crippen LogP contribution in [0.5, 0.6) is 5.75 Å². The second-order valence-electron chi connectivity index (χ2n) is 7.87. The first kappa shape index (κ1) is 19.0. The fourth-order valence-electron chi connectivity index (χ4n) is 4.21. The van der Waals surface area contributed by atoms with E-state index < -0.39 is 0 Å². The lowest BCUT2D eigenvalue weighted by molar-refractivity contribution is 0.259. The number of nitrogens with one attached hydrogen (secondary N) is 1. The summed E-state index contributed by atoms with van der Waals surface area (Å²) in [7, 11) is 6.02. The normalized spacial score (nSPS) is 23.2. The molecule has 0 spiro atoms. The minimum atomic E-state index is 0.703. The van der Waals surface area contributed by atoms with E-state index in [1.807, 2.05) is 13.1 Å². The number of fused-ring (bicyclic) bond motifs is 1. The first-order valence-electron chi connectivity index (χ1n) is 9.98. The average Bonchev–Trinajstić information content (AvgIpc) is 3.07. The molecule has 1 aromatic rings. The van der Waals surface area contributed by atoms with Gasteiger partial charge in [-0.2, -0.15) is 0 Å². The van der Waals surface area contributed by atoms with E-state index in [0.29, 0.717) is 6.61 Å². The van der Waals surface area contributed by atoms with Crippen molar-refractivity contribution in [1.82, 2.24) is 15.1 Å². The molecule has 0 amide bonds. The molecule has 2 atom stereocenters. The molecule has 1 N–H and O–H groups in total. The number of likely N-dealkylation sites (N-methyl/N-ethyl adjacent to an activating group) is 1. The van der Waals surface area contributed by atoms with E-state index in [0.717, 1.165) is 49.7 Å². The molecule has 26 heavy (non-hydrogen) atoms. The van der Waals surface area contributed by atoms with Crippen LogP contribution >= 0.6 is 0 Å². The Labute approximate surface area is 158 Å². The second kappa shape index (κ2) is 9.26. The first-order chi connectivity index (χ1) is 12.7. The molecular weight excluding hydrogens is 324 g/mol. The third-order valence-corrected chi connectivity index (χ3v) is 5.69. The van der Waals surface area contributed by atoms with Crippen LogP contribution < -0.4 is 10.1 Å². The van der Waals surface area contributed by atoms with E-state index in [2.05, 4.69) is 52.4 Å². The van der Waals surface area contributed by atoms with Crippen LogP contribution in [0.3, 0.4) is 0 Å². The summed E-state index contributed by atoms with van der Waals surface area (Å²) < 4.78 is 5.98. The van der Waals surface area contributed by atoms with Crippen molar-refractivity contribution in [3.63, 3.8) is 0 Å². The molecule has 0 aromatic heterocycles. The Kier molecular flexibility index (Phi) is 6.78. The SMILES string of the molecule is CN=C(NCc1ccccc1OCCN(C)C)N1CC2CCCCC2C1. The molecule has 0 bridgehead atoms. The number of aliphatic imine (C=N–C) groups is 1. The van der Waals surface area contributed by atoms with Crippen molar-refractivity contribution in [3.05, 3.63) is 29.8 Å². The number of hydrogen-bond acceptors (Lipinski definition) is 3. The van der Waals surface area contributed by atoms with Crippen LogP contribution in [0, 0.1) is 11.8 Å². The Morgan fingerprint density at radius 2 is 1.88 bits per heavy atom. The number of hydrogen-bond donors (Lipinski definition) is 1. The third kappa shape index (κ3) is 4.91. The van der Waals surface area contributed by atoms with E-state index in [4.69, 9.17) is 4.74 Å². The fraction of sp³-hybridized carbons (Fsp3) is 0.667. The standard InChI is InChI=1S/C21H34N4O/c1-22-21(25-15-18-9-4-5-10-19(18)16-25)23-14-17-8-6-7-11-20(17)26-13-12-24(2)3/h6-8,11,18-19H,4-5,9-10,12-16H2,1-3H3,(H,22,23). The lowest BCUT2D eigenvalue weighted by Gasteiger charge is -2.22. The van der Waals surface area contributed by atoms with Gasteiger partial charge in [0.1, 0.15) is 12.4 Å². The van der Waals surface area contributed by atoms with Crippen molar-refractivity contribution in [3.8, 4) is 5.75 Å². The van der Waals surface area contributed by atoms with Crippen LogP contribution in [0.1, 0.15) is 31.2 Å². The predicted octanol–water partition coefficient (Wildman–Crippen LogP) is 2.82. The van der Waals surface area contributed by atoms with E-state index in [1.54, 1.807) is 0 Å². The summed E-state index contributed by atoms with van der Waals surface area (Å²) in [6, 6.07) is 8.30. The molecule has 144 valence electrons. The van der Waals surface area contributed by atoms with Crippen molar-refractivity contribution < 1.29 is 4.74 Å². The van der Waals surface area contributed by atoms with E-state index >= 15 is 0 Å². The smallest absolute Gasteiger partial charge is 0.193 e. The second-order valence-corrected chi connectivity index (χ2v) is 7.87. The van der Waals surface area contributed by atoms with Gasteiger partial charge >= 0.3 is 0 Å². The fourth-order valence-corrected chi connectivity index (χ4v) is 4.21. The molecule has 1 saturated heterocycles. The monoisotopic (exact) mass is 358 g/mol. The Hall–Kier alpha value is -1.75. The van der Waals surface area contributed by atoms with Crippen LogP contribution in [-0.2, 0) is 6.54 Å². The zero-order valence-electron chi connectivity index (χ0n) is 16.6. The molecule has 2 fully saturated rings. The van der Waals surface area contributed by atoms with Gasteiger partial charge in [0.2, 0.25) is 0 Å². The number of benzene rings is 1. The van der Waals surface area contributed by atoms with Crippen molar-refractivity contribution in [1.29, 1.82) is 0 Å². The molecule has 1 aromatic carbocycles. The minimum Gasteiger partial charge on any atom is -0.492 e. The van der Waals surface area contributed by atoms with Crippen molar-refractivity contribution in [2.24, 2.45) is 16.8 Å². The zero-order chi connectivity index (χ0) is 18.4. The lowest BCUT2D eigenvalue weighted by atomic mass is 9.82. The maximum atomic E-state index is 5.98. The first-order valence-corrected chi connectivity index (χ1v) is 9.98. The van der Waals surface area contributed by atoms with Gasteiger partial charge in [-0.3, -0.25) is 4.99 Å². The van der Waals surface area contributed by atoms with Crippen molar-refractivity contribution in [2.75, 3.05) is 47.4 Å². The zero-order valence-corrected chi connectivity index (χ0v) is 16.6. The maximum Gasteiger partial charge on any atom is 0.193 e. The third-order valence-electron chi connectivity index (χ3n) is 5.69. The summed E-state index contributed by atoms with van der Waals surface area (Å²) in [5.74, 6) is 3.72. The minimum absolute atomic E-state index is 0.703. The van der Waals surface area contributed by atoms with Gasteiger partial charge in [0, 0.05) is 38.8 Å². The van der Waals surface area contributed by atoms with Gasteiger partial charge in [0.25, 0.3) is 0 Å². The highest BCUT2D eigenvalue weighted by Crippen LogP contribution is 2.36. The van der Waals surface area contributed by atoms with Gasteiger partial charge in [0.15, 0.2) is 5.96 Å². The number of guanidine groups is 1.